The average Bonchev–Trinajstić information content (AvgIpc) is 3.41. The Balaban J connectivity index is 1.63. The molecule has 2 aromatic rings. The lowest BCUT2D eigenvalue weighted by Gasteiger charge is -2.35. The molecule has 2 atom stereocenters. The number of hydrogen-bond donors (Lipinski definition) is 1. The summed E-state index contributed by atoms with van der Waals surface area (Å²) in [5.41, 5.74) is 0.748. The van der Waals surface area contributed by atoms with Gasteiger partial charge in [-0.05, 0) is 52.6 Å². The molecule has 2 aromatic carbocycles. The van der Waals surface area contributed by atoms with Gasteiger partial charge in [0.15, 0.2) is 5.60 Å². The first kappa shape index (κ1) is 21.3. The zero-order chi connectivity index (χ0) is 22.0. The van der Waals surface area contributed by atoms with Gasteiger partial charge < -0.3 is 19.4 Å². The van der Waals surface area contributed by atoms with E-state index in [9.17, 15) is 4.39 Å². The third-order valence-corrected chi connectivity index (χ3v) is 7.82. The van der Waals surface area contributed by atoms with Crippen molar-refractivity contribution in [2.75, 3.05) is 6.54 Å². The highest BCUT2D eigenvalue weighted by molar-refractivity contribution is 6.66. The van der Waals surface area contributed by atoms with Crippen LogP contribution < -0.4 is 15.5 Å². The lowest BCUT2D eigenvalue weighted by Crippen LogP contribution is -2.49. The first-order valence-corrected chi connectivity index (χ1v) is 11.4. The maximum Gasteiger partial charge on any atom is 0.496 e. The lowest BCUT2D eigenvalue weighted by molar-refractivity contribution is 0.00578. The van der Waals surface area contributed by atoms with Crippen LogP contribution in [0.5, 0.6) is 5.75 Å². The third kappa shape index (κ3) is 3.22. The number of halogens is 2. The predicted molar refractivity (Wildman–Crippen MR) is 121 cm³/mol. The molecule has 0 spiro atoms. The minimum atomic E-state index is -0.756. The van der Waals surface area contributed by atoms with Crippen LogP contribution >= 0.6 is 11.6 Å². The molecular formula is C24H28BClFNO3. The molecule has 4 nitrogen and oxygen atoms in total. The van der Waals surface area contributed by atoms with Crippen molar-refractivity contribution >= 4 is 24.2 Å². The van der Waals surface area contributed by atoms with Crippen molar-refractivity contribution in [3.8, 4) is 5.75 Å². The van der Waals surface area contributed by atoms with E-state index in [1.165, 1.54) is 6.07 Å². The molecule has 1 N–H and O–H groups in total. The summed E-state index contributed by atoms with van der Waals surface area (Å²) in [6.07, 6.45) is 2.65. The van der Waals surface area contributed by atoms with E-state index in [1.807, 2.05) is 45.9 Å². The molecule has 0 aliphatic carbocycles. The van der Waals surface area contributed by atoms with Crippen LogP contribution in [0.4, 0.5) is 4.39 Å². The van der Waals surface area contributed by atoms with E-state index in [-0.39, 0.29) is 11.1 Å². The van der Waals surface area contributed by atoms with Gasteiger partial charge in [-0.3, -0.25) is 0 Å². The van der Waals surface area contributed by atoms with Crippen LogP contribution in [0.1, 0.15) is 51.7 Å². The lowest BCUT2D eigenvalue weighted by atomic mass is 9.72. The van der Waals surface area contributed by atoms with Gasteiger partial charge in [0.2, 0.25) is 0 Å². The molecule has 2 unspecified atom stereocenters. The molecule has 0 radical (unpaired) electrons. The van der Waals surface area contributed by atoms with Crippen LogP contribution in [0.15, 0.2) is 36.4 Å². The molecule has 0 amide bonds. The largest absolute Gasteiger partial charge is 0.496 e. The van der Waals surface area contributed by atoms with Crippen LogP contribution in [0.3, 0.4) is 0 Å². The fraction of sp³-hybridized carbons (Fsp3) is 0.500. The maximum absolute atomic E-state index is 15.0. The topological polar surface area (TPSA) is 39.7 Å². The standard InChI is InChI=1S/C24H28BClFNO3/c1-22(2)23(3,4)31-25(30-22)20-16-14-24(19-11-8-12-28-19,15-9-6-5-7-10-15)29-18(16)13-17(27)21(20)26/h5-7,9-10,13,19,28H,8,11-12,14H2,1-4H3. The van der Waals surface area contributed by atoms with Gasteiger partial charge in [0, 0.05) is 23.5 Å². The molecule has 31 heavy (non-hydrogen) atoms. The van der Waals surface area contributed by atoms with Crippen molar-refractivity contribution in [3.05, 3.63) is 58.4 Å². The summed E-state index contributed by atoms with van der Waals surface area (Å²) in [5, 5.41) is 3.65. The molecule has 2 saturated heterocycles. The molecule has 2 fully saturated rings. The van der Waals surface area contributed by atoms with E-state index in [1.54, 1.807) is 0 Å². The number of fused-ring (bicyclic) bond motifs is 1. The van der Waals surface area contributed by atoms with Crippen molar-refractivity contribution in [2.45, 2.75) is 69.8 Å². The van der Waals surface area contributed by atoms with Crippen LogP contribution in [0.25, 0.3) is 0 Å². The number of ether oxygens (including phenoxy) is 1. The maximum atomic E-state index is 15.0. The highest BCUT2D eigenvalue weighted by Gasteiger charge is 2.56. The van der Waals surface area contributed by atoms with Crippen molar-refractivity contribution in [2.24, 2.45) is 0 Å². The van der Waals surface area contributed by atoms with Crippen LogP contribution in [0, 0.1) is 5.82 Å². The quantitative estimate of drug-likeness (QED) is 0.716. The van der Waals surface area contributed by atoms with E-state index in [0.717, 1.165) is 30.5 Å². The van der Waals surface area contributed by atoms with Crippen molar-refractivity contribution in [3.63, 3.8) is 0 Å². The molecule has 3 heterocycles. The number of rotatable bonds is 3. The summed E-state index contributed by atoms with van der Waals surface area (Å²) in [5.74, 6) is -0.00228. The highest BCUT2D eigenvalue weighted by Crippen LogP contribution is 2.47. The predicted octanol–water partition coefficient (Wildman–Crippen LogP) is 4.36. The second kappa shape index (κ2) is 7.21. The van der Waals surface area contributed by atoms with Gasteiger partial charge >= 0.3 is 7.12 Å². The van der Waals surface area contributed by atoms with Crippen molar-refractivity contribution in [1.29, 1.82) is 0 Å². The van der Waals surface area contributed by atoms with Gasteiger partial charge in [0.25, 0.3) is 0 Å². The molecule has 0 aromatic heterocycles. The van der Waals surface area contributed by atoms with Gasteiger partial charge in [0.1, 0.15) is 11.6 Å². The third-order valence-electron chi connectivity index (χ3n) is 7.43. The molecule has 0 saturated carbocycles. The first-order valence-electron chi connectivity index (χ1n) is 11.0. The zero-order valence-electron chi connectivity index (χ0n) is 18.4. The fourth-order valence-electron chi connectivity index (χ4n) is 4.99. The molecule has 3 aliphatic rings. The Kier molecular flexibility index (Phi) is 4.94. The zero-order valence-corrected chi connectivity index (χ0v) is 19.2. The Morgan fingerprint density at radius 2 is 1.77 bits per heavy atom. The summed E-state index contributed by atoms with van der Waals surface area (Å²) in [4.78, 5) is 0. The van der Waals surface area contributed by atoms with Crippen LogP contribution in [0.2, 0.25) is 5.02 Å². The molecule has 0 bridgehead atoms. The van der Waals surface area contributed by atoms with Gasteiger partial charge in [0.05, 0.1) is 22.3 Å². The minimum absolute atomic E-state index is 0.0455. The molecule has 164 valence electrons. The smallest absolute Gasteiger partial charge is 0.480 e. The summed E-state index contributed by atoms with van der Waals surface area (Å²) in [6, 6.07) is 11.7. The van der Waals surface area contributed by atoms with E-state index in [0.29, 0.717) is 17.6 Å². The summed E-state index contributed by atoms with van der Waals surface area (Å²) < 4.78 is 34.1. The summed E-state index contributed by atoms with van der Waals surface area (Å²) in [6.45, 7) is 8.86. The van der Waals surface area contributed by atoms with Crippen LogP contribution in [-0.2, 0) is 21.3 Å². The van der Waals surface area contributed by atoms with E-state index < -0.39 is 29.7 Å². The number of hydrogen-bond acceptors (Lipinski definition) is 4. The van der Waals surface area contributed by atoms with E-state index in [2.05, 4.69) is 17.4 Å². The Labute approximate surface area is 188 Å². The van der Waals surface area contributed by atoms with Gasteiger partial charge in [-0.1, -0.05) is 41.9 Å². The van der Waals surface area contributed by atoms with Crippen LogP contribution in [-0.4, -0.2) is 30.9 Å². The summed E-state index contributed by atoms with van der Waals surface area (Å²) in [7, 11) is -0.756. The monoisotopic (exact) mass is 443 g/mol. The summed E-state index contributed by atoms with van der Waals surface area (Å²) >= 11 is 6.54. The molecule has 7 heteroatoms. The average molecular weight is 444 g/mol. The normalized spacial score (nSPS) is 28.6. The fourth-order valence-corrected chi connectivity index (χ4v) is 5.25. The molecule has 3 aliphatic heterocycles. The second-order valence-corrected chi connectivity index (χ2v) is 10.2. The molecule has 5 rings (SSSR count). The minimum Gasteiger partial charge on any atom is -0.480 e. The number of nitrogens with one attached hydrogen (secondary N) is 1. The first-order chi connectivity index (χ1) is 14.6. The highest BCUT2D eigenvalue weighted by atomic mass is 35.5. The van der Waals surface area contributed by atoms with E-state index >= 15 is 0 Å². The van der Waals surface area contributed by atoms with Crippen molar-refractivity contribution in [1.82, 2.24) is 5.32 Å². The van der Waals surface area contributed by atoms with Gasteiger partial charge in [-0.15, -0.1) is 0 Å². The van der Waals surface area contributed by atoms with Gasteiger partial charge in [-0.25, -0.2) is 4.39 Å². The van der Waals surface area contributed by atoms with E-state index in [4.69, 9.17) is 25.6 Å². The Bertz CT molecular complexity index is 994. The number of benzene rings is 2. The van der Waals surface area contributed by atoms with Crippen molar-refractivity contribution < 1.29 is 18.4 Å². The Hall–Kier alpha value is -1.60. The van der Waals surface area contributed by atoms with Gasteiger partial charge in [-0.2, -0.15) is 0 Å². The second-order valence-electron chi connectivity index (χ2n) is 9.83. The Morgan fingerprint density at radius 1 is 1.10 bits per heavy atom. The molecular weight excluding hydrogens is 416 g/mol. The Morgan fingerprint density at radius 3 is 2.39 bits per heavy atom. The SMILES string of the molecule is CC1(C)OB(c2c(Cl)c(F)cc3c2CC(c2ccccc2)(C2CCCN2)O3)OC1(C)C.